The lowest BCUT2D eigenvalue weighted by molar-refractivity contribution is 0.0986. The molecule has 1 aromatic heterocycles. The van der Waals surface area contributed by atoms with Gasteiger partial charge in [-0.25, -0.2) is 13.4 Å². The smallest absolute Gasteiger partial charge is 0.260 e. The summed E-state index contributed by atoms with van der Waals surface area (Å²) in [5, 5.41) is 1.15. The maximum Gasteiger partial charge on any atom is 0.260 e. The SMILES string of the molecule is CCS(=O)(=O)c1cccc(C(=O)N(CCCN(C)C)c2nc3c(C)ccc(Cl)c3s2)c1.Cl. The zero-order valence-corrected chi connectivity index (χ0v) is 21.7. The Kier molecular flexibility index (Phi) is 9.07. The number of hydrogen-bond acceptors (Lipinski definition) is 6. The Labute approximate surface area is 204 Å². The molecule has 0 aliphatic carbocycles. The highest BCUT2D eigenvalue weighted by Gasteiger charge is 2.24. The number of halogens is 2. The number of carbonyl (C=O) groups is 1. The number of rotatable bonds is 8. The molecule has 0 saturated heterocycles. The highest BCUT2D eigenvalue weighted by molar-refractivity contribution is 7.91. The minimum Gasteiger partial charge on any atom is -0.309 e. The van der Waals surface area contributed by atoms with Gasteiger partial charge in [-0.1, -0.05) is 42.0 Å². The number of sulfone groups is 1. The lowest BCUT2D eigenvalue weighted by Gasteiger charge is -2.21. The third-order valence-electron chi connectivity index (χ3n) is 4.97. The Hall–Kier alpha value is -1.71. The van der Waals surface area contributed by atoms with Crippen LogP contribution in [0.1, 0.15) is 29.3 Å². The summed E-state index contributed by atoms with van der Waals surface area (Å²) in [7, 11) is 0.544. The van der Waals surface area contributed by atoms with Gasteiger partial charge in [0.15, 0.2) is 15.0 Å². The second-order valence-corrected chi connectivity index (χ2v) is 11.2. The van der Waals surface area contributed by atoms with Gasteiger partial charge in [-0.15, -0.1) is 12.4 Å². The fourth-order valence-electron chi connectivity index (χ4n) is 3.18. The molecule has 3 aromatic rings. The van der Waals surface area contributed by atoms with Crippen LogP contribution < -0.4 is 4.90 Å². The lowest BCUT2D eigenvalue weighted by atomic mass is 10.2. The number of anilines is 1. The van der Waals surface area contributed by atoms with Crippen LogP contribution in [-0.4, -0.2) is 57.1 Å². The van der Waals surface area contributed by atoms with E-state index in [4.69, 9.17) is 16.6 Å². The third kappa shape index (κ3) is 5.80. The van der Waals surface area contributed by atoms with Crippen LogP contribution in [0.4, 0.5) is 5.13 Å². The number of nitrogens with zero attached hydrogens (tertiary/aromatic N) is 3. The standard InChI is InChI=1S/C22H26ClN3O3S2.ClH/c1-5-31(28,29)17-9-6-8-16(14-17)21(27)26(13-7-12-25(3)4)22-24-19-15(2)10-11-18(23)20(19)30-22;/h6,8-11,14H,5,7,12-13H2,1-4H3;1H. The van der Waals surface area contributed by atoms with Crippen molar-refractivity contribution < 1.29 is 13.2 Å². The van der Waals surface area contributed by atoms with Gasteiger partial charge in [0.25, 0.3) is 5.91 Å². The van der Waals surface area contributed by atoms with Crippen LogP contribution in [0.3, 0.4) is 0 Å². The predicted octanol–water partition coefficient (Wildman–Crippen LogP) is 5.07. The van der Waals surface area contributed by atoms with Crippen molar-refractivity contribution in [1.29, 1.82) is 0 Å². The molecule has 3 rings (SSSR count). The third-order valence-corrected chi connectivity index (χ3v) is 8.24. The molecule has 0 bridgehead atoms. The first-order valence-corrected chi connectivity index (χ1v) is 12.8. The van der Waals surface area contributed by atoms with Gasteiger partial charge in [0.2, 0.25) is 0 Å². The van der Waals surface area contributed by atoms with E-state index in [1.807, 2.05) is 33.2 Å². The molecule has 10 heteroatoms. The Balaban J connectivity index is 0.00000363. The first-order chi connectivity index (χ1) is 14.6. The normalized spacial score (nSPS) is 11.6. The molecule has 2 aromatic carbocycles. The monoisotopic (exact) mass is 515 g/mol. The van der Waals surface area contributed by atoms with Gasteiger partial charge in [-0.3, -0.25) is 9.69 Å². The van der Waals surface area contributed by atoms with E-state index < -0.39 is 9.84 Å². The Morgan fingerprint density at radius 3 is 2.50 bits per heavy atom. The van der Waals surface area contributed by atoms with Gasteiger partial charge < -0.3 is 4.90 Å². The van der Waals surface area contributed by atoms with E-state index in [9.17, 15) is 13.2 Å². The molecule has 1 amide bonds. The van der Waals surface area contributed by atoms with E-state index in [1.54, 1.807) is 24.0 Å². The molecule has 0 saturated carbocycles. The Bertz CT molecular complexity index is 1170. The molecule has 6 nitrogen and oxygen atoms in total. The number of amides is 1. The molecule has 0 N–H and O–H groups in total. The fraction of sp³-hybridized carbons (Fsp3) is 0.364. The van der Waals surface area contributed by atoms with Crippen LogP contribution in [-0.2, 0) is 9.84 Å². The van der Waals surface area contributed by atoms with Gasteiger partial charge in [-0.2, -0.15) is 0 Å². The average molecular weight is 517 g/mol. The number of carbonyl (C=O) groups excluding carboxylic acids is 1. The number of thiazole rings is 1. The molecule has 0 spiro atoms. The first kappa shape index (κ1) is 26.5. The number of hydrogen-bond donors (Lipinski definition) is 0. The largest absolute Gasteiger partial charge is 0.309 e. The van der Waals surface area contributed by atoms with Crippen LogP contribution in [0.25, 0.3) is 10.2 Å². The van der Waals surface area contributed by atoms with Gasteiger partial charge in [0.05, 0.1) is 25.9 Å². The molecule has 0 radical (unpaired) electrons. The van der Waals surface area contributed by atoms with Gasteiger partial charge in [-0.05, 0) is 63.8 Å². The number of aromatic nitrogens is 1. The zero-order valence-electron chi connectivity index (χ0n) is 18.5. The van der Waals surface area contributed by atoms with E-state index in [-0.39, 0.29) is 29.0 Å². The minimum atomic E-state index is -3.41. The zero-order chi connectivity index (χ0) is 22.8. The van der Waals surface area contributed by atoms with Crippen molar-refractivity contribution in [3.8, 4) is 0 Å². The molecule has 32 heavy (non-hydrogen) atoms. The number of fused-ring (bicyclic) bond motifs is 1. The molecular weight excluding hydrogens is 489 g/mol. The summed E-state index contributed by atoms with van der Waals surface area (Å²) in [5.41, 5.74) is 2.08. The van der Waals surface area contributed by atoms with Crippen LogP contribution in [0.5, 0.6) is 0 Å². The number of benzene rings is 2. The molecule has 0 unspecified atom stereocenters. The topological polar surface area (TPSA) is 70.6 Å². The summed E-state index contributed by atoms with van der Waals surface area (Å²) in [5.74, 6) is -0.299. The minimum absolute atomic E-state index is 0. The van der Waals surface area contributed by atoms with E-state index in [2.05, 4.69) is 4.90 Å². The van der Waals surface area contributed by atoms with E-state index >= 15 is 0 Å². The predicted molar refractivity (Wildman–Crippen MR) is 136 cm³/mol. The highest BCUT2D eigenvalue weighted by atomic mass is 35.5. The molecule has 0 atom stereocenters. The van der Waals surface area contributed by atoms with Crippen LogP contribution >= 0.6 is 35.3 Å². The molecule has 0 aliphatic heterocycles. The maximum absolute atomic E-state index is 13.5. The van der Waals surface area contributed by atoms with Crippen molar-refractivity contribution >= 4 is 66.4 Å². The van der Waals surface area contributed by atoms with Gasteiger partial charge in [0.1, 0.15) is 0 Å². The van der Waals surface area contributed by atoms with E-state index in [0.717, 1.165) is 28.7 Å². The van der Waals surface area contributed by atoms with Crippen LogP contribution in [0.2, 0.25) is 5.02 Å². The highest BCUT2D eigenvalue weighted by Crippen LogP contribution is 2.36. The Morgan fingerprint density at radius 2 is 1.88 bits per heavy atom. The molecule has 0 fully saturated rings. The second kappa shape index (κ2) is 10.9. The molecule has 0 aliphatic rings. The van der Waals surface area contributed by atoms with Gasteiger partial charge >= 0.3 is 0 Å². The fourth-order valence-corrected chi connectivity index (χ4v) is 5.45. The molecule has 174 valence electrons. The van der Waals surface area contributed by atoms with Crippen molar-refractivity contribution in [2.45, 2.75) is 25.2 Å². The van der Waals surface area contributed by atoms with E-state index in [0.29, 0.717) is 22.3 Å². The quantitative estimate of drug-likeness (QED) is 0.418. The lowest BCUT2D eigenvalue weighted by Crippen LogP contribution is -2.33. The van der Waals surface area contributed by atoms with Crippen LogP contribution in [0, 0.1) is 6.92 Å². The van der Waals surface area contributed by atoms with Crippen molar-refractivity contribution in [3.05, 3.63) is 52.5 Å². The van der Waals surface area contributed by atoms with Crippen molar-refractivity contribution in [3.63, 3.8) is 0 Å². The second-order valence-electron chi connectivity index (χ2n) is 7.58. The molecular formula is C22H27Cl2N3O3S2. The summed E-state index contributed by atoms with van der Waals surface area (Å²) in [6.07, 6.45) is 0.744. The first-order valence-electron chi connectivity index (χ1n) is 9.99. The van der Waals surface area contributed by atoms with Gasteiger partial charge in [0, 0.05) is 12.1 Å². The van der Waals surface area contributed by atoms with Crippen molar-refractivity contribution in [1.82, 2.24) is 9.88 Å². The number of aryl methyl sites for hydroxylation is 1. The van der Waals surface area contributed by atoms with E-state index in [1.165, 1.54) is 23.5 Å². The summed E-state index contributed by atoms with van der Waals surface area (Å²) < 4.78 is 25.4. The maximum atomic E-state index is 13.5. The Morgan fingerprint density at radius 1 is 1.16 bits per heavy atom. The average Bonchev–Trinajstić information content (AvgIpc) is 3.20. The van der Waals surface area contributed by atoms with Crippen molar-refractivity contribution in [2.24, 2.45) is 0 Å². The molecule has 1 heterocycles. The van der Waals surface area contributed by atoms with Crippen LogP contribution in [0.15, 0.2) is 41.3 Å². The summed E-state index contributed by atoms with van der Waals surface area (Å²) >= 11 is 7.74. The van der Waals surface area contributed by atoms with Crippen molar-refractivity contribution in [2.75, 3.05) is 37.8 Å². The summed E-state index contributed by atoms with van der Waals surface area (Å²) in [6, 6.07) is 9.96. The summed E-state index contributed by atoms with van der Waals surface area (Å²) in [6.45, 7) is 4.81. The summed E-state index contributed by atoms with van der Waals surface area (Å²) in [4.78, 5) is 22.0.